The molecule has 2 aromatic rings. The van der Waals surface area contributed by atoms with Crippen molar-refractivity contribution in [2.75, 3.05) is 39.0 Å². The lowest BCUT2D eigenvalue weighted by molar-refractivity contribution is 0.0670. The van der Waals surface area contributed by atoms with Crippen LogP contribution in [0, 0.1) is 0 Å². The Morgan fingerprint density at radius 1 is 1.37 bits per heavy atom. The lowest BCUT2D eigenvalue weighted by Gasteiger charge is -2.32. The second-order valence-corrected chi connectivity index (χ2v) is 5.80. The van der Waals surface area contributed by atoms with E-state index in [1.165, 1.54) is 11.3 Å². The number of nitrogens with two attached hydrogens (primary N) is 1. The molecule has 1 aliphatic heterocycles. The lowest BCUT2D eigenvalue weighted by atomic mass is 10.2. The summed E-state index contributed by atoms with van der Waals surface area (Å²) in [5.41, 5.74) is 6.65. The van der Waals surface area contributed by atoms with Crippen molar-refractivity contribution < 1.29 is 4.79 Å². The normalized spacial score (nSPS) is 17.0. The number of hydrogen-bond donors (Lipinski definition) is 1. The fourth-order valence-corrected chi connectivity index (χ4v) is 3.29. The van der Waals surface area contributed by atoms with E-state index in [1.54, 1.807) is 6.20 Å². The number of likely N-dealkylation sites (N-methyl/N-ethyl adjacent to an activating group) is 1. The molecule has 6 heteroatoms. The van der Waals surface area contributed by atoms with Gasteiger partial charge in [0.1, 0.15) is 9.71 Å². The number of pyridine rings is 1. The van der Waals surface area contributed by atoms with Gasteiger partial charge in [0.25, 0.3) is 5.91 Å². The third-order valence-electron chi connectivity index (χ3n) is 3.49. The first kappa shape index (κ1) is 12.4. The van der Waals surface area contributed by atoms with Gasteiger partial charge in [-0.3, -0.25) is 4.79 Å². The van der Waals surface area contributed by atoms with Crippen LogP contribution >= 0.6 is 11.3 Å². The molecule has 2 aromatic heterocycles. The summed E-state index contributed by atoms with van der Waals surface area (Å²) in [6.07, 6.45) is 1.72. The molecular formula is C13H16N4OS. The molecular weight excluding hydrogens is 260 g/mol. The maximum absolute atomic E-state index is 12.5. The zero-order valence-corrected chi connectivity index (χ0v) is 11.6. The van der Waals surface area contributed by atoms with Crippen LogP contribution in [-0.4, -0.2) is 53.9 Å². The standard InChI is InChI=1S/C13H16N4OS/c1-16-5-7-17(8-6-16)13(18)11-10(14)9-3-2-4-15-12(9)19-11/h2-4H,5-8,14H2,1H3. The van der Waals surface area contributed by atoms with Gasteiger partial charge in [-0.1, -0.05) is 0 Å². The topological polar surface area (TPSA) is 62.5 Å². The quantitative estimate of drug-likeness (QED) is 0.852. The summed E-state index contributed by atoms with van der Waals surface area (Å²) in [6.45, 7) is 3.34. The summed E-state index contributed by atoms with van der Waals surface area (Å²) in [6, 6.07) is 3.75. The third-order valence-corrected chi connectivity index (χ3v) is 4.61. The van der Waals surface area contributed by atoms with Crippen molar-refractivity contribution in [1.82, 2.24) is 14.8 Å². The maximum atomic E-state index is 12.5. The number of fused-ring (bicyclic) bond motifs is 1. The summed E-state index contributed by atoms with van der Waals surface area (Å²) in [4.78, 5) is 22.3. The van der Waals surface area contributed by atoms with Crippen molar-refractivity contribution in [3.63, 3.8) is 0 Å². The van der Waals surface area contributed by atoms with Gasteiger partial charge in [-0.25, -0.2) is 4.98 Å². The highest BCUT2D eigenvalue weighted by molar-refractivity contribution is 7.21. The lowest BCUT2D eigenvalue weighted by Crippen LogP contribution is -2.47. The van der Waals surface area contributed by atoms with Crippen LogP contribution in [-0.2, 0) is 0 Å². The summed E-state index contributed by atoms with van der Waals surface area (Å²) in [5.74, 6) is 0.0357. The van der Waals surface area contributed by atoms with Gasteiger partial charge in [-0.2, -0.15) is 0 Å². The molecule has 19 heavy (non-hydrogen) atoms. The van der Waals surface area contributed by atoms with Crippen LogP contribution in [0.25, 0.3) is 10.2 Å². The van der Waals surface area contributed by atoms with Crippen LogP contribution < -0.4 is 5.73 Å². The Labute approximate surface area is 115 Å². The third kappa shape index (κ3) is 2.17. The average Bonchev–Trinajstić information content (AvgIpc) is 2.77. The Balaban J connectivity index is 1.91. The van der Waals surface area contributed by atoms with Gasteiger partial charge in [0.2, 0.25) is 0 Å². The zero-order chi connectivity index (χ0) is 13.4. The number of aromatic nitrogens is 1. The van der Waals surface area contributed by atoms with Crippen molar-refractivity contribution in [3.8, 4) is 0 Å². The highest BCUT2D eigenvalue weighted by Crippen LogP contribution is 2.32. The highest BCUT2D eigenvalue weighted by atomic mass is 32.1. The summed E-state index contributed by atoms with van der Waals surface area (Å²) < 4.78 is 0. The van der Waals surface area contributed by atoms with Crippen molar-refractivity contribution in [1.29, 1.82) is 0 Å². The van der Waals surface area contributed by atoms with Crippen LogP contribution in [0.15, 0.2) is 18.3 Å². The molecule has 3 rings (SSSR count). The van der Waals surface area contributed by atoms with Crippen LogP contribution in [0.2, 0.25) is 0 Å². The number of nitrogen functional groups attached to an aromatic ring is 1. The first-order chi connectivity index (χ1) is 9.16. The Bertz CT molecular complexity index is 616. The molecule has 0 aliphatic carbocycles. The number of amides is 1. The van der Waals surface area contributed by atoms with E-state index in [2.05, 4.69) is 16.9 Å². The van der Waals surface area contributed by atoms with E-state index in [4.69, 9.17) is 5.73 Å². The van der Waals surface area contributed by atoms with Crippen molar-refractivity contribution in [3.05, 3.63) is 23.2 Å². The van der Waals surface area contributed by atoms with E-state index in [0.29, 0.717) is 10.6 Å². The molecule has 1 amide bonds. The fraction of sp³-hybridized carbons (Fsp3) is 0.385. The number of rotatable bonds is 1. The van der Waals surface area contributed by atoms with Gasteiger partial charge in [0, 0.05) is 37.8 Å². The minimum Gasteiger partial charge on any atom is -0.397 e. The summed E-state index contributed by atoms with van der Waals surface area (Å²) >= 11 is 1.39. The largest absolute Gasteiger partial charge is 0.397 e. The number of piperazine rings is 1. The predicted molar refractivity (Wildman–Crippen MR) is 77.4 cm³/mol. The SMILES string of the molecule is CN1CCN(C(=O)c2sc3ncccc3c2N)CC1. The van der Waals surface area contributed by atoms with Gasteiger partial charge >= 0.3 is 0 Å². The molecule has 0 aromatic carbocycles. The number of carbonyl (C=O) groups is 1. The van der Waals surface area contributed by atoms with E-state index >= 15 is 0 Å². The molecule has 3 heterocycles. The van der Waals surface area contributed by atoms with E-state index in [1.807, 2.05) is 17.0 Å². The van der Waals surface area contributed by atoms with Crippen molar-refractivity contribution >= 4 is 33.1 Å². The molecule has 1 fully saturated rings. The first-order valence-corrected chi connectivity index (χ1v) is 7.09. The van der Waals surface area contributed by atoms with E-state index in [0.717, 1.165) is 36.4 Å². The van der Waals surface area contributed by atoms with E-state index < -0.39 is 0 Å². The van der Waals surface area contributed by atoms with Crippen molar-refractivity contribution in [2.24, 2.45) is 0 Å². The second kappa shape index (κ2) is 4.79. The van der Waals surface area contributed by atoms with E-state index in [9.17, 15) is 4.79 Å². The minimum atomic E-state index is 0.0357. The summed E-state index contributed by atoms with van der Waals surface area (Å²) in [7, 11) is 2.07. The van der Waals surface area contributed by atoms with Crippen molar-refractivity contribution in [2.45, 2.75) is 0 Å². The monoisotopic (exact) mass is 276 g/mol. The molecule has 5 nitrogen and oxygen atoms in total. The van der Waals surface area contributed by atoms with Gasteiger partial charge in [0.05, 0.1) is 5.69 Å². The molecule has 2 N–H and O–H groups in total. The molecule has 100 valence electrons. The van der Waals surface area contributed by atoms with Crippen LogP contribution in [0.4, 0.5) is 5.69 Å². The van der Waals surface area contributed by atoms with Gasteiger partial charge in [-0.15, -0.1) is 11.3 Å². The number of hydrogen-bond acceptors (Lipinski definition) is 5. The van der Waals surface area contributed by atoms with Crippen LogP contribution in [0.3, 0.4) is 0 Å². The first-order valence-electron chi connectivity index (χ1n) is 6.27. The number of thiophene rings is 1. The fourth-order valence-electron chi connectivity index (χ4n) is 2.26. The maximum Gasteiger partial charge on any atom is 0.266 e. The van der Waals surface area contributed by atoms with Gasteiger partial charge in [-0.05, 0) is 19.2 Å². The molecule has 0 unspecified atom stereocenters. The van der Waals surface area contributed by atoms with Crippen LogP contribution in [0.1, 0.15) is 9.67 Å². The van der Waals surface area contributed by atoms with E-state index in [-0.39, 0.29) is 5.91 Å². The van der Waals surface area contributed by atoms with Gasteiger partial charge < -0.3 is 15.5 Å². The molecule has 0 radical (unpaired) electrons. The number of nitrogens with zero attached hydrogens (tertiary/aromatic N) is 3. The van der Waals surface area contributed by atoms with Crippen LogP contribution in [0.5, 0.6) is 0 Å². The second-order valence-electron chi connectivity index (χ2n) is 4.80. The molecule has 1 aliphatic rings. The minimum absolute atomic E-state index is 0.0357. The molecule has 0 bridgehead atoms. The number of anilines is 1. The smallest absolute Gasteiger partial charge is 0.266 e. The average molecular weight is 276 g/mol. The Hall–Kier alpha value is -1.66. The molecule has 0 atom stereocenters. The Morgan fingerprint density at radius 2 is 2.11 bits per heavy atom. The summed E-state index contributed by atoms with van der Waals surface area (Å²) in [5, 5.41) is 0.880. The highest BCUT2D eigenvalue weighted by Gasteiger charge is 2.24. The molecule has 0 saturated carbocycles. The Morgan fingerprint density at radius 3 is 2.79 bits per heavy atom. The Kier molecular flexibility index (Phi) is 3.12. The molecule has 1 saturated heterocycles. The number of carbonyl (C=O) groups excluding carboxylic acids is 1. The zero-order valence-electron chi connectivity index (χ0n) is 10.8. The predicted octanol–water partition coefficient (Wildman–Crippen LogP) is 1.27. The van der Waals surface area contributed by atoms with Gasteiger partial charge in [0.15, 0.2) is 0 Å². The molecule has 0 spiro atoms.